The molecule has 27 heavy (non-hydrogen) atoms. The minimum Gasteiger partial charge on any atom is -0.372 e. The van der Waals surface area contributed by atoms with E-state index in [2.05, 4.69) is 56.9 Å². The van der Waals surface area contributed by atoms with E-state index < -0.39 is 0 Å². The van der Waals surface area contributed by atoms with Crippen molar-refractivity contribution in [1.82, 2.24) is 15.5 Å². The summed E-state index contributed by atoms with van der Waals surface area (Å²) in [7, 11) is 0. The Morgan fingerprint density at radius 2 is 1.78 bits per heavy atom. The number of hydrogen-bond acceptors (Lipinski definition) is 5. The maximum Gasteiger partial charge on any atom is 0.271 e. The first-order valence-corrected chi connectivity index (χ1v) is 10.0. The molecular formula is C21H29N5O. The van der Waals surface area contributed by atoms with Crippen molar-refractivity contribution in [3.63, 3.8) is 0 Å². The Hall–Kier alpha value is -2.63. The SMILES string of the molecule is CCCCCNC(=O)c1ccc(Nc2ccc(N3CCCCC3)cc2)nn1. The molecule has 0 spiro atoms. The van der Waals surface area contributed by atoms with Crippen LogP contribution in [0, 0.1) is 0 Å². The van der Waals surface area contributed by atoms with Crippen LogP contribution in [0.3, 0.4) is 0 Å². The average molecular weight is 367 g/mol. The van der Waals surface area contributed by atoms with Gasteiger partial charge in [0.15, 0.2) is 11.5 Å². The maximum absolute atomic E-state index is 12.0. The third kappa shape index (κ3) is 5.67. The van der Waals surface area contributed by atoms with Crippen LogP contribution in [0.25, 0.3) is 0 Å². The van der Waals surface area contributed by atoms with Crippen LogP contribution in [-0.4, -0.2) is 35.7 Å². The molecule has 0 bridgehead atoms. The average Bonchev–Trinajstić information content (AvgIpc) is 2.73. The number of nitrogens with one attached hydrogen (secondary N) is 2. The third-order valence-corrected chi connectivity index (χ3v) is 4.82. The number of carbonyl (C=O) groups is 1. The number of nitrogens with zero attached hydrogens (tertiary/aromatic N) is 3. The van der Waals surface area contributed by atoms with E-state index in [1.54, 1.807) is 12.1 Å². The van der Waals surface area contributed by atoms with Gasteiger partial charge < -0.3 is 15.5 Å². The predicted molar refractivity (Wildman–Crippen MR) is 110 cm³/mol. The van der Waals surface area contributed by atoms with Crippen molar-refractivity contribution < 1.29 is 4.79 Å². The lowest BCUT2D eigenvalue weighted by molar-refractivity contribution is 0.0947. The highest BCUT2D eigenvalue weighted by Crippen LogP contribution is 2.23. The molecule has 6 heteroatoms. The molecule has 1 aromatic heterocycles. The lowest BCUT2D eigenvalue weighted by Gasteiger charge is -2.28. The Morgan fingerprint density at radius 1 is 1.00 bits per heavy atom. The van der Waals surface area contributed by atoms with E-state index >= 15 is 0 Å². The molecule has 0 unspecified atom stereocenters. The molecule has 0 aliphatic carbocycles. The van der Waals surface area contributed by atoms with Gasteiger partial charge in [0.2, 0.25) is 0 Å². The Labute approximate surface area is 161 Å². The van der Waals surface area contributed by atoms with Gasteiger partial charge in [-0.25, -0.2) is 0 Å². The van der Waals surface area contributed by atoms with Crippen molar-refractivity contribution in [1.29, 1.82) is 0 Å². The van der Waals surface area contributed by atoms with E-state index in [4.69, 9.17) is 0 Å². The zero-order valence-corrected chi connectivity index (χ0v) is 16.1. The first-order chi connectivity index (χ1) is 13.3. The fraction of sp³-hybridized carbons (Fsp3) is 0.476. The summed E-state index contributed by atoms with van der Waals surface area (Å²) in [6.45, 7) is 5.10. The van der Waals surface area contributed by atoms with Gasteiger partial charge in [-0.2, -0.15) is 0 Å². The minimum absolute atomic E-state index is 0.170. The highest BCUT2D eigenvalue weighted by Gasteiger charge is 2.11. The number of aromatic nitrogens is 2. The van der Waals surface area contributed by atoms with Crippen LogP contribution in [0.5, 0.6) is 0 Å². The molecular weight excluding hydrogens is 338 g/mol. The smallest absolute Gasteiger partial charge is 0.271 e. The van der Waals surface area contributed by atoms with Gasteiger partial charge in [-0.3, -0.25) is 4.79 Å². The van der Waals surface area contributed by atoms with Crippen LogP contribution in [0.4, 0.5) is 17.2 Å². The van der Waals surface area contributed by atoms with Crippen molar-refractivity contribution >= 4 is 23.1 Å². The van der Waals surface area contributed by atoms with E-state index in [0.29, 0.717) is 18.1 Å². The number of carbonyl (C=O) groups excluding carboxylic acids is 1. The fourth-order valence-corrected chi connectivity index (χ4v) is 3.24. The van der Waals surface area contributed by atoms with Crippen LogP contribution in [0.15, 0.2) is 36.4 Å². The number of piperidine rings is 1. The number of amides is 1. The molecule has 1 aliphatic heterocycles. The largest absolute Gasteiger partial charge is 0.372 e. The lowest BCUT2D eigenvalue weighted by atomic mass is 10.1. The normalized spacial score (nSPS) is 14.0. The maximum atomic E-state index is 12.0. The summed E-state index contributed by atoms with van der Waals surface area (Å²) >= 11 is 0. The van der Waals surface area contributed by atoms with E-state index in [1.165, 1.54) is 24.9 Å². The molecule has 144 valence electrons. The summed E-state index contributed by atoms with van der Waals surface area (Å²) in [4.78, 5) is 14.5. The molecule has 0 saturated carbocycles. The Balaban J connectivity index is 1.52. The molecule has 1 aromatic carbocycles. The minimum atomic E-state index is -0.170. The predicted octanol–water partition coefficient (Wildman–Crippen LogP) is 4.13. The van der Waals surface area contributed by atoms with Crippen LogP contribution in [-0.2, 0) is 0 Å². The van der Waals surface area contributed by atoms with Gasteiger partial charge in [-0.15, -0.1) is 10.2 Å². The standard InChI is InChI=1S/C21H29N5O/c1-2-3-5-14-22-21(27)19-12-13-20(25-24-19)23-17-8-10-18(11-9-17)26-15-6-4-7-16-26/h8-13H,2-7,14-16H2,1H3,(H,22,27)(H,23,25). The molecule has 1 fully saturated rings. The summed E-state index contributed by atoms with van der Waals surface area (Å²) in [6.07, 6.45) is 7.12. The van der Waals surface area contributed by atoms with E-state index in [-0.39, 0.29) is 5.91 Å². The Bertz CT molecular complexity index is 708. The van der Waals surface area contributed by atoms with Crippen molar-refractivity contribution in [2.24, 2.45) is 0 Å². The molecule has 2 N–H and O–H groups in total. The highest BCUT2D eigenvalue weighted by molar-refractivity contribution is 5.92. The van der Waals surface area contributed by atoms with Gasteiger partial charge in [0, 0.05) is 31.0 Å². The number of unbranched alkanes of at least 4 members (excludes halogenated alkanes) is 2. The number of benzene rings is 1. The number of anilines is 3. The first-order valence-electron chi connectivity index (χ1n) is 10.0. The first kappa shape index (κ1) is 19.1. The second kappa shape index (κ2) is 9.90. The summed E-state index contributed by atoms with van der Waals surface area (Å²) < 4.78 is 0. The molecule has 0 atom stereocenters. The van der Waals surface area contributed by atoms with Crippen LogP contribution in [0.1, 0.15) is 55.9 Å². The van der Waals surface area contributed by atoms with Crippen LogP contribution >= 0.6 is 0 Å². The molecule has 0 radical (unpaired) electrons. The second-order valence-corrected chi connectivity index (χ2v) is 6.99. The highest BCUT2D eigenvalue weighted by atomic mass is 16.1. The van der Waals surface area contributed by atoms with Gasteiger partial charge in [0.05, 0.1) is 0 Å². The van der Waals surface area contributed by atoms with Crippen molar-refractivity contribution in [3.05, 3.63) is 42.1 Å². The van der Waals surface area contributed by atoms with E-state index in [1.807, 2.05) is 0 Å². The zero-order valence-electron chi connectivity index (χ0n) is 16.1. The Morgan fingerprint density at radius 3 is 2.44 bits per heavy atom. The van der Waals surface area contributed by atoms with Gasteiger partial charge in [0.1, 0.15) is 0 Å². The molecule has 2 heterocycles. The van der Waals surface area contributed by atoms with Gasteiger partial charge in [0.25, 0.3) is 5.91 Å². The van der Waals surface area contributed by atoms with Crippen molar-refractivity contribution in [3.8, 4) is 0 Å². The fourth-order valence-electron chi connectivity index (χ4n) is 3.24. The molecule has 3 rings (SSSR count). The Kier molecular flexibility index (Phi) is 7.02. The molecule has 1 saturated heterocycles. The molecule has 1 amide bonds. The number of hydrogen-bond donors (Lipinski definition) is 2. The summed E-state index contributed by atoms with van der Waals surface area (Å²) in [5.74, 6) is 0.458. The summed E-state index contributed by atoms with van der Waals surface area (Å²) in [5, 5.41) is 14.3. The summed E-state index contributed by atoms with van der Waals surface area (Å²) in [6, 6.07) is 11.9. The summed E-state index contributed by atoms with van der Waals surface area (Å²) in [5.41, 5.74) is 2.57. The quantitative estimate of drug-likeness (QED) is 0.687. The van der Waals surface area contributed by atoms with Gasteiger partial charge >= 0.3 is 0 Å². The topological polar surface area (TPSA) is 70.2 Å². The van der Waals surface area contributed by atoms with Gasteiger partial charge in [-0.05, 0) is 62.1 Å². The number of rotatable bonds is 8. The van der Waals surface area contributed by atoms with Gasteiger partial charge in [-0.1, -0.05) is 19.8 Å². The van der Waals surface area contributed by atoms with Crippen molar-refractivity contribution in [2.75, 3.05) is 29.9 Å². The lowest BCUT2D eigenvalue weighted by Crippen LogP contribution is -2.29. The van der Waals surface area contributed by atoms with E-state index in [0.717, 1.165) is 38.0 Å². The van der Waals surface area contributed by atoms with E-state index in [9.17, 15) is 4.79 Å². The van der Waals surface area contributed by atoms with Crippen molar-refractivity contribution in [2.45, 2.75) is 45.4 Å². The monoisotopic (exact) mass is 367 g/mol. The zero-order chi connectivity index (χ0) is 18.9. The molecule has 6 nitrogen and oxygen atoms in total. The third-order valence-electron chi connectivity index (χ3n) is 4.82. The second-order valence-electron chi connectivity index (χ2n) is 6.99. The molecule has 2 aromatic rings. The van der Waals surface area contributed by atoms with Crippen LogP contribution in [0.2, 0.25) is 0 Å². The van der Waals surface area contributed by atoms with Crippen LogP contribution < -0.4 is 15.5 Å². The molecule has 1 aliphatic rings.